The summed E-state index contributed by atoms with van der Waals surface area (Å²) < 4.78 is 162. The van der Waals surface area contributed by atoms with Crippen LogP contribution in [0.4, 0.5) is 51.8 Å². The molecule has 2 aromatic carbocycles. The molecule has 6 aliphatic rings. The third-order valence-corrected chi connectivity index (χ3v) is 20.0. The Morgan fingerprint density at radius 1 is 0.671 bits per heavy atom. The summed E-state index contributed by atoms with van der Waals surface area (Å²) in [5, 5.41) is 28.9. The molecule has 73 heavy (non-hydrogen) atoms. The Labute approximate surface area is 415 Å². The number of aromatic nitrogens is 4. The lowest BCUT2D eigenvalue weighted by atomic mass is 9.89. The highest BCUT2D eigenvalue weighted by molar-refractivity contribution is 7.93. The van der Waals surface area contributed by atoms with Gasteiger partial charge in [-0.15, -0.1) is 0 Å². The van der Waals surface area contributed by atoms with Crippen molar-refractivity contribution in [3.05, 3.63) is 82.2 Å². The van der Waals surface area contributed by atoms with Crippen molar-refractivity contribution in [3.63, 3.8) is 0 Å². The molecule has 0 saturated carbocycles. The summed E-state index contributed by atoms with van der Waals surface area (Å²) in [6, 6.07) is 10.1. The second kappa shape index (κ2) is 17.5. The SMILES string of the molecule is C[Si](C)(C)CCN(C(=O)O)C1(c2ccc(-c3nc(N4CC(F)(F)C4CO)nc4c3CCC4(F)F)cc2)CS(=O)(=O)C1.NC1(c2ccc(-c3nc(N4CC(F)(F)C4CO)nc4c3CCC4(F)F)cc2)CS(=O)(=O)C1. The number of anilines is 2. The van der Waals surface area contributed by atoms with Gasteiger partial charge in [0.2, 0.25) is 11.9 Å². The van der Waals surface area contributed by atoms with Crippen LogP contribution in [0.1, 0.15) is 46.5 Å². The molecule has 2 aromatic heterocycles. The number of fused-ring (bicyclic) bond motifs is 2. The highest BCUT2D eigenvalue weighted by Gasteiger charge is 2.59. The number of nitrogens with zero attached hydrogens (tertiary/aromatic N) is 7. The van der Waals surface area contributed by atoms with Crippen LogP contribution in [0, 0.1) is 0 Å². The fourth-order valence-corrected chi connectivity index (χ4v) is 15.2. The normalized spacial score (nSPS) is 24.6. The smallest absolute Gasteiger partial charge is 0.408 e. The van der Waals surface area contributed by atoms with Gasteiger partial charge in [-0.2, -0.15) is 17.6 Å². The number of hydrogen-bond donors (Lipinski definition) is 4. The zero-order valence-electron chi connectivity index (χ0n) is 39.6. The van der Waals surface area contributed by atoms with E-state index in [1.54, 1.807) is 48.5 Å². The molecule has 4 fully saturated rings. The number of carbonyl (C=O) groups is 1. The maximum Gasteiger partial charge on any atom is 0.408 e. The van der Waals surface area contributed by atoms with Crippen LogP contribution in [0.25, 0.3) is 22.5 Å². The molecule has 16 nitrogen and oxygen atoms in total. The van der Waals surface area contributed by atoms with Crippen molar-refractivity contribution in [2.45, 2.75) is 98.2 Å². The quantitative estimate of drug-likeness (QED) is 0.101. The molecule has 2 atom stereocenters. The Balaban J connectivity index is 0.000000185. The van der Waals surface area contributed by atoms with Crippen LogP contribution in [0.15, 0.2) is 48.5 Å². The van der Waals surface area contributed by atoms with Gasteiger partial charge in [0.15, 0.2) is 19.7 Å². The fraction of sp³-hybridized carbons (Fsp3) is 0.543. The number of hydrogen-bond acceptors (Lipinski definition) is 14. The topological polar surface area (TPSA) is 233 Å². The highest BCUT2D eigenvalue weighted by atomic mass is 32.2. The average molecular weight is 1090 g/mol. The monoisotopic (exact) mass is 1090 g/mol. The van der Waals surface area contributed by atoms with Gasteiger partial charge >= 0.3 is 6.09 Å². The van der Waals surface area contributed by atoms with Gasteiger partial charge in [0.05, 0.1) is 71.8 Å². The minimum Gasteiger partial charge on any atom is -0.465 e. The van der Waals surface area contributed by atoms with Crippen LogP contribution in [0.3, 0.4) is 0 Å². The Morgan fingerprint density at radius 2 is 1.07 bits per heavy atom. The van der Waals surface area contributed by atoms with Gasteiger partial charge in [-0.3, -0.25) is 4.90 Å². The minimum atomic E-state index is -3.47. The molecular weight excluding hydrogens is 1040 g/mol. The first-order chi connectivity index (χ1) is 33.7. The van der Waals surface area contributed by atoms with Crippen molar-refractivity contribution in [1.82, 2.24) is 24.8 Å². The van der Waals surface area contributed by atoms with Gasteiger partial charge in [0.25, 0.3) is 23.7 Å². The third-order valence-electron chi connectivity index (χ3n) is 14.5. The summed E-state index contributed by atoms with van der Waals surface area (Å²) in [5.74, 6) is -14.6. The lowest BCUT2D eigenvalue weighted by Gasteiger charge is -2.49. The first-order valence-corrected chi connectivity index (χ1v) is 30.6. The number of aliphatic hydroxyl groups is 2. The third kappa shape index (κ3) is 9.43. The second-order valence-corrected chi connectivity index (χ2v) is 30.9. The van der Waals surface area contributed by atoms with Gasteiger partial charge in [-0.05, 0) is 30.0 Å². The van der Waals surface area contributed by atoms with E-state index in [1.807, 2.05) is 0 Å². The molecule has 4 aromatic rings. The highest BCUT2D eigenvalue weighted by Crippen LogP contribution is 2.49. The van der Waals surface area contributed by atoms with Gasteiger partial charge in [-0.25, -0.2) is 59.1 Å². The fourth-order valence-electron chi connectivity index (χ4n) is 10.5. The number of benzene rings is 2. The Bertz CT molecular complexity index is 3080. The molecule has 6 heterocycles. The van der Waals surface area contributed by atoms with E-state index in [2.05, 4.69) is 39.6 Å². The first-order valence-electron chi connectivity index (χ1n) is 23.3. The molecule has 27 heteroatoms. The lowest BCUT2D eigenvalue weighted by Crippen LogP contribution is -2.67. The number of carboxylic acid groups (broad SMARTS) is 1. The van der Waals surface area contributed by atoms with Gasteiger partial charge < -0.3 is 30.9 Å². The maximum atomic E-state index is 14.8. The van der Waals surface area contributed by atoms with E-state index in [-0.39, 0.29) is 76.8 Å². The summed E-state index contributed by atoms with van der Waals surface area (Å²) in [4.78, 5) is 32.1. The minimum absolute atomic E-state index is 0.0261. The van der Waals surface area contributed by atoms with Crippen LogP contribution in [0.5, 0.6) is 0 Å². The maximum absolute atomic E-state index is 14.8. The largest absolute Gasteiger partial charge is 0.465 e. The number of nitrogens with two attached hydrogens (primary N) is 1. The molecule has 5 N–H and O–H groups in total. The number of rotatable bonds is 12. The predicted molar refractivity (Wildman–Crippen MR) is 253 cm³/mol. The van der Waals surface area contributed by atoms with Crippen molar-refractivity contribution >= 4 is 45.7 Å². The first kappa shape index (κ1) is 52.8. The molecule has 0 spiro atoms. The molecule has 396 valence electrons. The van der Waals surface area contributed by atoms with Gasteiger partial charge in [0.1, 0.15) is 23.5 Å². The lowest BCUT2D eigenvalue weighted by molar-refractivity contribution is -0.0867. The van der Waals surface area contributed by atoms with Crippen LogP contribution in [0.2, 0.25) is 25.7 Å². The number of sulfone groups is 2. The van der Waals surface area contributed by atoms with E-state index in [4.69, 9.17) is 5.73 Å². The van der Waals surface area contributed by atoms with Gasteiger partial charge in [0, 0.05) is 49.7 Å². The van der Waals surface area contributed by atoms with E-state index < -0.39 is 131 Å². The molecule has 2 unspecified atom stereocenters. The second-order valence-electron chi connectivity index (χ2n) is 21.1. The molecule has 0 radical (unpaired) electrons. The van der Waals surface area contributed by atoms with Crippen molar-refractivity contribution < 1.29 is 72.1 Å². The number of halogens is 8. The number of alkyl halides is 8. The van der Waals surface area contributed by atoms with Crippen LogP contribution in [-0.2, 0) is 55.4 Å². The van der Waals surface area contributed by atoms with E-state index in [0.717, 1.165) is 9.80 Å². The predicted octanol–water partition coefficient (Wildman–Crippen LogP) is 5.52. The van der Waals surface area contributed by atoms with E-state index >= 15 is 0 Å². The zero-order chi connectivity index (χ0) is 53.3. The Morgan fingerprint density at radius 3 is 1.41 bits per heavy atom. The summed E-state index contributed by atoms with van der Waals surface area (Å²) in [6.45, 7) is 3.08. The molecule has 10 rings (SSSR count). The molecular formula is C46H52F8N8O8S2Si. The summed E-state index contributed by atoms with van der Waals surface area (Å²) in [6.07, 6.45) is -2.22. The van der Waals surface area contributed by atoms with Gasteiger partial charge in [-0.1, -0.05) is 68.2 Å². The molecule has 4 saturated heterocycles. The molecule has 4 aliphatic heterocycles. The summed E-state index contributed by atoms with van der Waals surface area (Å²) in [7, 11) is -8.30. The Kier molecular flexibility index (Phi) is 12.6. The van der Waals surface area contributed by atoms with Crippen LogP contribution in [-0.4, -0.2) is 151 Å². The Hall–Kier alpha value is -5.09. The van der Waals surface area contributed by atoms with Crippen molar-refractivity contribution in [2.24, 2.45) is 5.73 Å². The van der Waals surface area contributed by atoms with Crippen molar-refractivity contribution in [2.75, 3.05) is 65.7 Å². The van der Waals surface area contributed by atoms with E-state index in [9.17, 15) is 72.1 Å². The summed E-state index contributed by atoms with van der Waals surface area (Å²) in [5.41, 5.74) is 5.48. The van der Waals surface area contributed by atoms with Crippen LogP contribution < -0.4 is 15.5 Å². The average Bonchev–Trinajstić information content (AvgIpc) is 3.75. The molecule has 1 amide bonds. The van der Waals surface area contributed by atoms with Crippen molar-refractivity contribution in [3.8, 4) is 22.5 Å². The number of aliphatic hydroxyl groups excluding tert-OH is 2. The standard InChI is InChI=1S/C26H32F4N4O5SSi.C20H20F4N4O3S/c1-41(2,3)11-10-34(23(36)37)24(14-40(38,39)15-24)17-6-4-16(5-7-17)20-18-8-9-25(27,28)21(18)32-22(31-20)33-13-26(29,30)19(33)12-35;21-19(22)6-5-13-15(11-1-3-12(4-2-11)18(25)9-32(30,31)10-18)26-17(27-16(13)19)28-8-20(23,24)14(28)7-29/h4-7,19,35H,8-15H2,1-3H3,(H,36,37);1-4,14,29H,5-10,25H2. The van der Waals surface area contributed by atoms with E-state index in [1.165, 1.54) is 4.90 Å². The molecule has 2 aliphatic carbocycles. The number of amides is 1. The van der Waals surface area contributed by atoms with Crippen LogP contribution >= 0.6 is 0 Å². The zero-order valence-corrected chi connectivity index (χ0v) is 42.2. The van der Waals surface area contributed by atoms with Crippen molar-refractivity contribution in [1.29, 1.82) is 0 Å². The summed E-state index contributed by atoms with van der Waals surface area (Å²) >= 11 is 0. The van der Waals surface area contributed by atoms with E-state index in [0.29, 0.717) is 28.3 Å². The molecule has 0 bridgehead atoms.